The third-order valence-electron chi connectivity index (χ3n) is 3.89. The summed E-state index contributed by atoms with van der Waals surface area (Å²) in [6.07, 6.45) is 3.41. The first-order valence-corrected chi connectivity index (χ1v) is 8.95. The number of hydrogen-bond acceptors (Lipinski definition) is 3. The predicted molar refractivity (Wildman–Crippen MR) is 82.0 cm³/mol. The lowest BCUT2D eigenvalue weighted by Crippen LogP contribution is -2.34. The average molecular weight is 362 g/mol. The summed E-state index contributed by atoms with van der Waals surface area (Å²) >= 11 is 3.36. The monoisotopic (exact) mass is 361 g/mol. The summed E-state index contributed by atoms with van der Waals surface area (Å²) < 4.78 is 27.3. The molecule has 1 aromatic carbocycles. The van der Waals surface area contributed by atoms with Crippen LogP contribution in [0.1, 0.15) is 30.4 Å². The molecule has 0 bridgehead atoms. The Morgan fingerprint density at radius 3 is 2.55 bits per heavy atom. The summed E-state index contributed by atoms with van der Waals surface area (Å²) in [6, 6.07) is 3.33. The highest BCUT2D eigenvalue weighted by molar-refractivity contribution is 9.10. The maximum atomic E-state index is 12.7. The lowest BCUT2D eigenvalue weighted by atomic mass is 9.86. The molecule has 1 aromatic rings. The molecule has 1 N–H and O–H groups in total. The number of nitrogens with zero attached hydrogens (tertiary/aromatic N) is 1. The van der Waals surface area contributed by atoms with E-state index in [-0.39, 0.29) is 11.5 Å². The zero-order chi connectivity index (χ0) is 14.9. The van der Waals surface area contributed by atoms with Crippen molar-refractivity contribution in [2.45, 2.75) is 37.7 Å². The SMILES string of the molecule is Cc1cc(CO)cc(S(=O)(=O)N(C)CC2CCC2)c1Br. The molecule has 1 aliphatic rings. The van der Waals surface area contributed by atoms with Gasteiger partial charge in [-0.1, -0.05) is 12.5 Å². The lowest BCUT2D eigenvalue weighted by Gasteiger charge is -2.30. The van der Waals surface area contributed by atoms with Crippen LogP contribution in [0.2, 0.25) is 0 Å². The van der Waals surface area contributed by atoms with Crippen molar-refractivity contribution in [3.8, 4) is 0 Å². The molecular weight excluding hydrogens is 342 g/mol. The molecule has 0 radical (unpaired) electrons. The second kappa shape index (κ2) is 6.13. The van der Waals surface area contributed by atoms with Crippen molar-refractivity contribution in [2.24, 2.45) is 5.92 Å². The summed E-state index contributed by atoms with van der Waals surface area (Å²) in [4.78, 5) is 0.239. The second-order valence-corrected chi connectivity index (χ2v) is 8.27. The molecule has 0 unspecified atom stereocenters. The first-order chi connectivity index (χ1) is 9.36. The number of aliphatic hydroxyl groups excluding tert-OH is 1. The zero-order valence-corrected chi connectivity index (χ0v) is 14.2. The van der Waals surface area contributed by atoms with E-state index in [0.717, 1.165) is 18.4 Å². The number of halogens is 1. The first-order valence-electron chi connectivity index (χ1n) is 6.72. The third-order valence-corrected chi connectivity index (χ3v) is 7.05. The molecule has 0 heterocycles. The van der Waals surface area contributed by atoms with Gasteiger partial charge in [0.1, 0.15) is 0 Å². The van der Waals surface area contributed by atoms with Gasteiger partial charge in [-0.25, -0.2) is 12.7 Å². The van der Waals surface area contributed by atoms with Crippen molar-refractivity contribution in [3.63, 3.8) is 0 Å². The van der Waals surface area contributed by atoms with Crippen LogP contribution in [0.3, 0.4) is 0 Å². The molecule has 1 aliphatic carbocycles. The molecule has 2 rings (SSSR count). The highest BCUT2D eigenvalue weighted by Crippen LogP contribution is 2.32. The molecule has 0 atom stereocenters. The standard InChI is InChI=1S/C14H20BrNO3S/c1-10-6-12(9-17)7-13(14(10)15)20(18,19)16(2)8-11-4-3-5-11/h6-7,11,17H,3-5,8-9H2,1-2H3. The van der Waals surface area contributed by atoms with E-state index < -0.39 is 10.0 Å². The summed E-state index contributed by atoms with van der Waals surface area (Å²) in [5.41, 5.74) is 1.42. The van der Waals surface area contributed by atoms with Gasteiger partial charge < -0.3 is 5.11 Å². The summed E-state index contributed by atoms with van der Waals surface area (Å²) in [7, 11) is -1.89. The van der Waals surface area contributed by atoms with Crippen LogP contribution >= 0.6 is 15.9 Å². The van der Waals surface area contributed by atoms with E-state index in [0.29, 0.717) is 22.5 Å². The Bertz CT molecular complexity index is 597. The highest BCUT2D eigenvalue weighted by atomic mass is 79.9. The molecule has 6 heteroatoms. The molecular formula is C14H20BrNO3S. The zero-order valence-electron chi connectivity index (χ0n) is 11.8. The minimum Gasteiger partial charge on any atom is -0.392 e. The number of benzene rings is 1. The van der Waals surface area contributed by atoms with Gasteiger partial charge >= 0.3 is 0 Å². The number of rotatable bonds is 5. The Morgan fingerprint density at radius 1 is 1.40 bits per heavy atom. The van der Waals surface area contributed by atoms with Crippen LogP contribution in [0.15, 0.2) is 21.5 Å². The van der Waals surface area contributed by atoms with Crippen LogP contribution in [0.25, 0.3) is 0 Å². The van der Waals surface area contributed by atoms with E-state index >= 15 is 0 Å². The molecule has 1 fully saturated rings. The van der Waals surface area contributed by atoms with Crippen LogP contribution < -0.4 is 0 Å². The summed E-state index contributed by atoms with van der Waals surface area (Å²) in [5.74, 6) is 0.482. The van der Waals surface area contributed by atoms with Crippen LogP contribution in [0, 0.1) is 12.8 Å². The first kappa shape index (κ1) is 15.9. The fourth-order valence-corrected chi connectivity index (χ4v) is 4.67. The fourth-order valence-electron chi connectivity index (χ4n) is 2.39. The molecule has 0 aliphatic heterocycles. The van der Waals surface area contributed by atoms with E-state index in [9.17, 15) is 13.5 Å². The van der Waals surface area contributed by atoms with Crippen molar-refractivity contribution in [1.29, 1.82) is 0 Å². The Kier molecular flexibility index (Phi) is 4.89. The Morgan fingerprint density at radius 2 is 2.05 bits per heavy atom. The molecule has 0 amide bonds. The Labute approximate surface area is 129 Å². The molecule has 1 saturated carbocycles. The largest absolute Gasteiger partial charge is 0.392 e. The summed E-state index contributed by atoms with van der Waals surface area (Å²) in [5, 5.41) is 9.25. The van der Waals surface area contributed by atoms with Crippen LogP contribution in [0.4, 0.5) is 0 Å². The van der Waals surface area contributed by atoms with Gasteiger partial charge in [0.05, 0.1) is 11.5 Å². The third kappa shape index (κ3) is 3.08. The van der Waals surface area contributed by atoms with Crippen molar-refractivity contribution >= 4 is 26.0 Å². The van der Waals surface area contributed by atoms with E-state index in [1.807, 2.05) is 6.92 Å². The van der Waals surface area contributed by atoms with Crippen molar-refractivity contribution < 1.29 is 13.5 Å². The van der Waals surface area contributed by atoms with Crippen molar-refractivity contribution in [1.82, 2.24) is 4.31 Å². The van der Waals surface area contributed by atoms with Gasteiger partial charge in [0.15, 0.2) is 0 Å². The van der Waals surface area contributed by atoms with E-state index in [1.165, 1.54) is 10.7 Å². The number of hydrogen-bond donors (Lipinski definition) is 1. The van der Waals surface area contributed by atoms with Gasteiger partial charge in [0.25, 0.3) is 0 Å². The molecule has 4 nitrogen and oxygen atoms in total. The Balaban J connectivity index is 2.34. The molecule has 20 heavy (non-hydrogen) atoms. The van der Waals surface area contributed by atoms with Gasteiger partial charge in [-0.3, -0.25) is 0 Å². The fraction of sp³-hybridized carbons (Fsp3) is 0.571. The average Bonchev–Trinajstić information content (AvgIpc) is 2.36. The quantitative estimate of drug-likeness (QED) is 0.876. The maximum Gasteiger partial charge on any atom is 0.243 e. The van der Waals surface area contributed by atoms with E-state index in [2.05, 4.69) is 15.9 Å². The van der Waals surface area contributed by atoms with Crippen LogP contribution in [0.5, 0.6) is 0 Å². The van der Waals surface area contributed by atoms with Gasteiger partial charge in [0.2, 0.25) is 10.0 Å². The molecule has 0 saturated heterocycles. The lowest BCUT2D eigenvalue weighted by molar-refractivity contribution is 0.262. The van der Waals surface area contributed by atoms with Gasteiger partial charge in [-0.15, -0.1) is 0 Å². The maximum absolute atomic E-state index is 12.7. The minimum absolute atomic E-state index is 0.164. The topological polar surface area (TPSA) is 57.6 Å². The summed E-state index contributed by atoms with van der Waals surface area (Å²) in [6.45, 7) is 2.23. The minimum atomic E-state index is -3.52. The van der Waals surface area contributed by atoms with Gasteiger partial charge in [0, 0.05) is 18.1 Å². The van der Waals surface area contributed by atoms with Crippen LogP contribution in [-0.4, -0.2) is 31.4 Å². The van der Waals surface area contributed by atoms with Crippen molar-refractivity contribution in [2.75, 3.05) is 13.6 Å². The molecule has 0 aromatic heterocycles. The van der Waals surface area contributed by atoms with Gasteiger partial charge in [-0.05, 0) is 58.8 Å². The normalized spacial score (nSPS) is 16.4. The highest BCUT2D eigenvalue weighted by Gasteiger charge is 2.28. The van der Waals surface area contributed by atoms with E-state index in [4.69, 9.17) is 0 Å². The second-order valence-electron chi connectivity index (χ2n) is 5.47. The smallest absolute Gasteiger partial charge is 0.243 e. The van der Waals surface area contributed by atoms with E-state index in [1.54, 1.807) is 19.2 Å². The molecule has 0 spiro atoms. The number of aryl methyl sites for hydroxylation is 1. The van der Waals surface area contributed by atoms with Crippen LogP contribution in [-0.2, 0) is 16.6 Å². The number of sulfonamides is 1. The Hall–Kier alpha value is -0.430. The van der Waals surface area contributed by atoms with Gasteiger partial charge in [-0.2, -0.15) is 0 Å². The van der Waals surface area contributed by atoms with Crippen molar-refractivity contribution in [3.05, 3.63) is 27.7 Å². The number of aliphatic hydroxyl groups is 1. The molecule has 112 valence electrons. The predicted octanol–water partition coefficient (Wildman–Crippen LogP) is 2.67.